The Balaban J connectivity index is 2.35. The van der Waals surface area contributed by atoms with E-state index in [1.165, 1.54) is 0 Å². The third-order valence-corrected chi connectivity index (χ3v) is 3.46. The Kier molecular flexibility index (Phi) is 5.88. The summed E-state index contributed by atoms with van der Waals surface area (Å²) in [5.41, 5.74) is 5.50. The number of hydrogen-bond acceptors (Lipinski definition) is 4. The second-order valence-corrected chi connectivity index (χ2v) is 5.00. The highest BCUT2D eigenvalue weighted by Crippen LogP contribution is 2.15. The molecule has 0 aromatic rings. The summed E-state index contributed by atoms with van der Waals surface area (Å²) in [6.07, 6.45) is 1.20. The zero-order chi connectivity index (χ0) is 12.8. The molecule has 0 bridgehead atoms. The van der Waals surface area contributed by atoms with Crippen LogP contribution in [0.4, 0.5) is 0 Å². The van der Waals surface area contributed by atoms with Gasteiger partial charge in [0.25, 0.3) is 0 Å². The highest BCUT2D eigenvalue weighted by molar-refractivity contribution is 5.76. The fraction of sp³-hybridized carbons (Fsp3) is 0.917. The second-order valence-electron chi connectivity index (χ2n) is 5.00. The van der Waals surface area contributed by atoms with Crippen molar-refractivity contribution in [3.8, 4) is 0 Å². The van der Waals surface area contributed by atoms with Gasteiger partial charge in [-0.25, -0.2) is 0 Å². The second kappa shape index (κ2) is 6.93. The smallest absolute Gasteiger partial charge is 0.222 e. The van der Waals surface area contributed by atoms with Crippen LogP contribution in [0.2, 0.25) is 0 Å². The summed E-state index contributed by atoms with van der Waals surface area (Å²) in [5, 5.41) is 3.09. The van der Waals surface area contributed by atoms with Crippen LogP contribution in [0.1, 0.15) is 19.8 Å². The van der Waals surface area contributed by atoms with Gasteiger partial charge in [0.2, 0.25) is 5.91 Å². The lowest BCUT2D eigenvalue weighted by Crippen LogP contribution is -2.49. The summed E-state index contributed by atoms with van der Waals surface area (Å²) in [7, 11) is 3.70. The Morgan fingerprint density at radius 2 is 2.35 bits per heavy atom. The summed E-state index contributed by atoms with van der Waals surface area (Å²) in [5.74, 6) is 0.542. The molecule has 1 fully saturated rings. The van der Waals surface area contributed by atoms with Gasteiger partial charge in [-0.3, -0.25) is 4.79 Å². The molecule has 3 N–H and O–H groups in total. The molecule has 1 amide bonds. The van der Waals surface area contributed by atoms with Crippen LogP contribution in [0.3, 0.4) is 0 Å². The van der Waals surface area contributed by atoms with Gasteiger partial charge in [0, 0.05) is 26.2 Å². The van der Waals surface area contributed by atoms with E-state index in [0.29, 0.717) is 18.9 Å². The average molecular weight is 243 g/mol. The van der Waals surface area contributed by atoms with E-state index in [4.69, 9.17) is 10.5 Å². The maximum atomic E-state index is 11.8. The number of amides is 1. The first-order valence-corrected chi connectivity index (χ1v) is 6.27. The Morgan fingerprint density at radius 3 is 2.88 bits per heavy atom. The number of nitrogens with zero attached hydrogens (tertiary/aromatic N) is 1. The minimum atomic E-state index is -0.170. The molecular formula is C12H25N3O2. The molecule has 0 aromatic heterocycles. The monoisotopic (exact) mass is 243 g/mol. The SMILES string of the molecule is COC(CN)CC(=O)NC1CCN(C)CC1C. The molecule has 17 heavy (non-hydrogen) atoms. The summed E-state index contributed by atoms with van der Waals surface area (Å²) in [6, 6.07) is 0.286. The highest BCUT2D eigenvalue weighted by atomic mass is 16.5. The van der Waals surface area contributed by atoms with E-state index in [2.05, 4.69) is 24.2 Å². The Labute approximate surface area is 104 Å². The molecule has 1 aliphatic rings. The van der Waals surface area contributed by atoms with Crippen molar-refractivity contribution in [3.63, 3.8) is 0 Å². The molecule has 0 aliphatic carbocycles. The zero-order valence-electron chi connectivity index (χ0n) is 11.1. The first kappa shape index (κ1) is 14.4. The van der Waals surface area contributed by atoms with Crippen LogP contribution in [0, 0.1) is 5.92 Å². The van der Waals surface area contributed by atoms with Crippen LogP contribution in [-0.4, -0.2) is 56.7 Å². The van der Waals surface area contributed by atoms with Crippen molar-refractivity contribution in [2.24, 2.45) is 11.7 Å². The van der Waals surface area contributed by atoms with Crippen LogP contribution >= 0.6 is 0 Å². The van der Waals surface area contributed by atoms with Gasteiger partial charge >= 0.3 is 0 Å². The molecule has 0 aromatic carbocycles. The Bertz CT molecular complexity index is 244. The standard InChI is InChI=1S/C12H25N3O2/c1-9-8-15(2)5-4-11(9)14-12(16)6-10(7-13)17-3/h9-11H,4-8,13H2,1-3H3,(H,14,16). The topological polar surface area (TPSA) is 67.6 Å². The largest absolute Gasteiger partial charge is 0.380 e. The fourth-order valence-electron chi connectivity index (χ4n) is 2.30. The van der Waals surface area contributed by atoms with Gasteiger partial charge in [-0.15, -0.1) is 0 Å². The number of hydrogen-bond donors (Lipinski definition) is 2. The molecule has 0 radical (unpaired) electrons. The quantitative estimate of drug-likeness (QED) is 0.702. The molecule has 1 heterocycles. The maximum absolute atomic E-state index is 11.8. The van der Waals surface area contributed by atoms with E-state index in [1.807, 2.05) is 0 Å². The van der Waals surface area contributed by atoms with E-state index in [0.717, 1.165) is 19.5 Å². The first-order valence-electron chi connectivity index (χ1n) is 6.27. The van der Waals surface area contributed by atoms with Crippen molar-refractivity contribution in [2.75, 3.05) is 33.8 Å². The Morgan fingerprint density at radius 1 is 1.65 bits per heavy atom. The summed E-state index contributed by atoms with van der Waals surface area (Å²) in [4.78, 5) is 14.1. The van der Waals surface area contributed by atoms with Gasteiger partial charge in [-0.2, -0.15) is 0 Å². The molecule has 0 saturated carbocycles. The van der Waals surface area contributed by atoms with E-state index in [9.17, 15) is 4.79 Å². The molecule has 0 spiro atoms. The van der Waals surface area contributed by atoms with Crippen molar-refractivity contribution in [1.29, 1.82) is 0 Å². The number of carbonyl (C=O) groups is 1. The molecule has 1 aliphatic heterocycles. The highest BCUT2D eigenvalue weighted by Gasteiger charge is 2.25. The van der Waals surface area contributed by atoms with Crippen molar-refractivity contribution in [2.45, 2.75) is 31.9 Å². The predicted octanol–water partition coefficient (Wildman–Crippen LogP) is -0.193. The number of nitrogens with one attached hydrogen (secondary N) is 1. The number of ether oxygens (including phenoxy) is 1. The van der Waals surface area contributed by atoms with Gasteiger partial charge in [0.1, 0.15) is 0 Å². The molecule has 100 valence electrons. The number of rotatable bonds is 5. The Hall–Kier alpha value is -0.650. The van der Waals surface area contributed by atoms with Crippen molar-refractivity contribution in [3.05, 3.63) is 0 Å². The summed E-state index contributed by atoms with van der Waals surface area (Å²) < 4.78 is 5.11. The van der Waals surface area contributed by atoms with E-state index in [-0.39, 0.29) is 18.1 Å². The van der Waals surface area contributed by atoms with E-state index >= 15 is 0 Å². The van der Waals surface area contributed by atoms with Gasteiger partial charge in [-0.05, 0) is 25.9 Å². The molecule has 5 nitrogen and oxygen atoms in total. The fourth-order valence-corrected chi connectivity index (χ4v) is 2.30. The minimum Gasteiger partial charge on any atom is -0.380 e. The average Bonchev–Trinajstić information content (AvgIpc) is 2.29. The van der Waals surface area contributed by atoms with Crippen molar-refractivity contribution >= 4 is 5.91 Å². The van der Waals surface area contributed by atoms with E-state index in [1.54, 1.807) is 7.11 Å². The van der Waals surface area contributed by atoms with Crippen LogP contribution in [-0.2, 0) is 9.53 Å². The van der Waals surface area contributed by atoms with Crippen molar-refractivity contribution < 1.29 is 9.53 Å². The van der Waals surface area contributed by atoms with Gasteiger partial charge in [0.15, 0.2) is 0 Å². The minimum absolute atomic E-state index is 0.0451. The number of likely N-dealkylation sites (tertiary alicyclic amines) is 1. The lowest BCUT2D eigenvalue weighted by molar-refractivity contribution is -0.124. The molecule has 1 rings (SSSR count). The van der Waals surface area contributed by atoms with Crippen LogP contribution in [0.5, 0.6) is 0 Å². The third kappa shape index (κ3) is 4.61. The lowest BCUT2D eigenvalue weighted by atomic mass is 9.94. The number of nitrogens with two attached hydrogens (primary N) is 1. The molecule has 3 unspecified atom stereocenters. The molecule has 1 saturated heterocycles. The summed E-state index contributed by atoms with van der Waals surface area (Å²) >= 11 is 0. The number of carbonyl (C=O) groups excluding carboxylic acids is 1. The lowest BCUT2D eigenvalue weighted by Gasteiger charge is -2.35. The zero-order valence-corrected chi connectivity index (χ0v) is 11.1. The van der Waals surface area contributed by atoms with Crippen LogP contribution in [0.15, 0.2) is 0 Å². The molecular weight excluding hydrogens is 218 g/mol. The summed E-state index contributed by atoms with van der Waals surface area (Å²) in [6.45, 7) is 4.64. The van der Waals surface area contributed by atoms with Gasteiger partial charge < -0.3 is 20.7 Å². The number of methoxy groups -OCH3 is 1. The predicted molar refractivity (Wildman–Crippen MR) is 67.7 cm³/mol. The van der Waals surface area contributed by atoms with Gasteiger partial charge in [0.05, 0.1) is 12.5 Å². The maximum Gasteiger partial charge on any atom is 0.222 e. The molecule has 5 heteroatoms. The first-order chi connectivity index (χ1) is 8.06. The van der Waals surface area contributed by atoms with Crippen molar-refractivity contribution in [1.82, 2.24) is 10.2 Å². The van der Waals surface area contributed by atoms with Crippen LogP contribution in [0.25, 0.3) is 0 Å². The normalized spacial score (nSPS) is 27.8. The number of piperidine rings is 1. The van der Waals surface area contributed by atoms with Crippen LogP contribution < -0.4 is 11.1 Å². The van der Waals surface area contributed by atoms with Gasteiger partial charge in [-0.1, -0.05) is 6.92 Å². The third-order valence-electron chi connectivity index (χ3n) is 3.46. The van der Waals surface area contributed by atoms with E-state index < -0.39 is 0 Å². The molecule has 3 atom stereocenters.